The van der Waals surface area contributed by atoms with Crippen molar-refractivity contribution in [2.45, 2.75) is 6.54 Å². The van der Waals surface area contributed by atoms with Gasteiger partial charge in [-0.25, -0.2) is 19.2 Å². The van der Waals surface area contributed by atoms with Gasteiger partial charge >= 0.3 is 23.9 Å². The molecular formula is C30H15Br5N4O9. The van der Waals surface area contributed by atoms with Crippen molar-refractivity contribution in [2.24, 2.45) is 5.11 Å². The van der Waals surface area contributed by atoms with E-state index in [1.54, 1.807) is 12.1 Å². The number of nitrogens with one attached hydrogen (secondary N) is 1. The number of hydrogen-bond donors (Lipinski definition) is 3. The van der Waals surface area contributed by atoms with Gasteiger partial charge in [0.2, 0.25) is 0 Å². The van der Waals surface area contributed by atoms with E-state index in [1.165, 1.54) is 30.3 Å². The minimum absolute atomic E-state index is 0.0646. The number of rotatable bonds is 10. The number of hydrogen-bond acceptors (Lipinski definition) is 8. The standard InChI is InChI=1S/C30H15Br5N4O9/c31-16-7-18(27(41)42)24(21(34)9-16)47-29(45)14-4-13(26(40)38-23-2-1-12(3-20(23)33)11-37-39-36)5-15(6-14)30(46)48-25-19(28(43)44)8-17(32)10-22(25)35/h1-10H,11H2,(H,38,40)(H,41,42)(H,43,44). The number of ether oxygens (including phenoxy) is 2. The van der Waals surface area contributed by atoms with Crippen molar-refractivity contribution in [1.29, 1.82) is 0 Å². The summed E-state index contributed by atoms with van der Waals surface area (Å²) in [5.74, 6) is -6.54. The lowest BCUT2D eigenvalue weighted by Gasteiger charge is -2.14. The first-order valence-electron chi connectivity index (χ1n) is 12.8. The summed E-state index contributed by atoms with van der Waals surface area (Å²) in [4.78, 5) is 66.8. The zero-order valence-corrected chi connectivity index (χ0v) is 31.4. The van der Waals surface area contributed by atoms with Crippen LogP contribution in [0.2, 0.25) is 0 Å². The fraction of sp³-hybridized carbons (Fsp3) is 0.0333. The Labute approximate surface area is 311 Å². The Morgan fingerprint density at radius 2 is 1.17 bits per heavy atom. The maximum Gasteiger partial charge on any atom is 0.343 e. The van der Waals surface area contributed by atoms with E-state index in [0.717, 1.165) is 18.2 Å². The first-order valence-corrected chi connectivity index (χ1v) is 16.8. The van der Waals surface area contributed by atoms with Crippen molar-refractivity contribution in [2.75, 3.05) is 5.32 Å². The molecule has 0 atom stereocenters. The molecule has 4 aromatic rings. The van der Waals surface area contributed by atoms with E-state index >= 15 is 0 Å². The number of nitrogens with zero attached hydrogens (tertiary/aromatic N) is 3. The zero-order valence-electron chi connectivity index (χ0n) is 23.5. The summed E-state index contributed by atoms with van der Waals surface area (Å²) in [5.41, 5.74) is 7.85. The molecule has 3 N–H and O–H groups in total. The average molecular weight is 975 g/mol. The molecule has 0 aliphatic heterocycles. The highest BCUT2D eigenvalue weighted by atomic mass is 79.9. The van der Waals surface area contributed by atoms with Crippen molar-refractivity contribution in [1.82, 2.24) is 0 Å². The molecule has 0 saturated heterocycles. The highest BCUT2D eigenvalue weighted by Crippen LogP contribution is 2.35. The van der Waals surface area contributed by atoms with Gasteiger partial charge < -0.3 is 25.0 Å². The van der Waals surface area contributed by atoms with Crippen molar-refractivity contribution in [3.63, 3.8) is 0 Å². The van der Waals surface area contributed by atoms with Crippen molar-refractivity contribution in [3.05, 3.63) is 127 Å². The van der Waals surface area contributed by atoms with Gasteiger partial charge in [0, 0.05) is 23.9 Å². The summed E-state index contributed by atoms with van der Waals surface area (Å²) in [6, 6.07) is 13.4. The Morgan fingerprint density at radius 1 is 0.688 bits per heavy atom. The van der Waals surface area contributed by atoms with E-state index in [2.05, 4.69) is 95.0 Å². The average Bonchev–Trinajstić information content (AvgIpc) is 3.02. The first kappa shape index (κ1) is 36.8. The minimum Gasteiger partial charge on any atom is -0.478 e. The number of azide groups is 1. The lowest BCUT2D eigenvalue weighted by atomic mass is 10.0. The van der Waals surface area contributed by atoms with Crippen LogP contribution in [0.25, 0.3) is 10.4 Å². The van der Waals surface area contributed by atoms with Crippen molar-refractivity contribution >= 4 is 115 Å². The van der Waals surface area contributed by atoms with Crippen LogP contribution in [0.1, 0.15) is 57.4 Å². The molecule has 0 unspecified atom stereocenters. The summed E-state index contributed by atoms with van der Waals surface area (Å²) in [5, 5.41) is 25.5. The molecule has 0 radical (unpaired) electrons. The van der Waals surface area contributed by atoms with Crippen LogP contribution in [0.3, 0.4) is 0 Å². The SMILES string of the molecule is [N-]=[N+]=NCc1ccc(NC(=O)c2cc(C(=O)Oc3c(Br)cc(Br)cc3C(=O)O)cc(C(=O)Oc3c(Br)cc(Br)cc3C(=O)O)c2)c(Br)c1. The van der Waals surface area contributed by atoms with Gasteiger partial charge in [0.1, 0.15) is 11.1 Å². The molecule has 0 fully saturated rings. The number of aromatic carboxylic acids is 2. The maximum absolute atomic E-state index is 13.5. The molecule has 0 aliphatic carbocycles. The van der Waals surface area contributed by atoms with Crippen molar-refractivity contribution in [3.8, 4) is 11.5 Å². The molecule has 0 bridgehead atoms. The fourth-order valence-corrected chi connectivity index (χ4v) is 7.15. The highest BCUT2D eigenvalue weighted by Gasteiger charge is 2.25. The second-order valence-corrected chi connectivity index (χ2v) is 13.8. The monoisotopic (exact) mass is 970 g/mol. The molecule has 0 aliphatic rings. The number of halogens is 5. The van der Waals surface area contributed by atoms with Gasteiger partial charge in [0.05, 0.1) is 32.3 Å². The fourth-order valence-electron chi connectivity index (χ4n) is 4.01. The number of amides is 1. The highest BCUT2D eigenvalue weighted by molar-refractivity contribution is 9.11. The number of benzene rings is 4. The van der Waals surface area contributed by atoms with E-state index in [9.17, 15) is 34.2 Å². The second kappa shape index (κ2) is 15.9. The number of carbonyl (C=O) groups is 5. The molecule has 0 saturated carbocycles. The number of carbonyl (C=O) groups excluding carboxylic acids is 3. The predicted octanol–water partition coefficient (Wildman–Crippen LogP) is 9.40. The molecule has 244 valence electrons. The van der Waals surface area contributed by atoms with E-state index in [-0.39, 0.29) is 60.5 Å². The van der Waals surface area contributed by atoms with Gasteiger partial charge in [-0.15, -0.1) is 0 Å². The Hall–Kier alpha value is -4.06. The van der Waals surface area contributed by atoms with Crippen LogP contribution < -0.4 is 14.8 Å². The minimum atomic E-state index is -1.40. The van der Waals surface area contributed by atoms with Gasteiger partial charge in [-0.1, -0.05) is 43.0 Å². The van der Waals surface area contributed by atoms with Gasteiger partial charge in [-0.2, -0.15) is 0 Å². The smallest absolute Gasteiger partial charge is 0.343 e. The van der Waals surface area contributed by atoms with Crippen LogP contribution in [-0.2, 0) is 6.54 Å². The van der Waals surface area contributed by atoms with Gasteiger partial charge in [0.25, 0.3) is 5.91 Å². The zero-order chi connectivity index (χ0) is 35.3. The number of carboxylic acid groups (broad SMARTS) is 2. The summed E-state index contributed by atoms with van der Waals surface area (Å²) >= 11 is 16.1. The molecule has 0 heterocycles. The molecule has 0 aromatic heterocycles. The van der Waals surface area contributed by atoms with Crippen LogP contribution >= 0.6 is 79.6 Å². The van der Waals surface area contributed by atoms with Crippen LogP contribution in [0.15, 0.2) is 88.1 Å². The molecule has 13 nitrogen and oxygen atoms in total. The Balaban J connectivity index is 1.77. The van der Waals surface area contributed by atoms with E-state index in [1.807, 2.05) is 0 Å². The third kappa shape index (κ3) is 8.89. The summed E-state index contributed by atoms with van der Waals surface area (Å²) in [6.07, 6.45) is 0. The quantitative estimate of drug-likeness (QED) is 0.0455. The molecule has 18 heteroatoms. The molecule has 4 rings (SSSR count). The van der Waals surface area contributed by atoms with Gasteiger partial charge in [0.15, 0.2) is 11.5 Å². The molecule has 0 spiro atoms. The lowest BCUT2D eigenvalue weighted by Crippen LogP contribution is -2.19. The maximum atomic E-state index is 13.5. The Kier molecular flexibility index (Phi) is 12.2. The van der Waals surface area contributed by atoms with Crippen molar-refractivity contribution < 1.29 is 43.7 Å². The second-order valence-electron chi connectivity index (χ2n) is 9.37. The normalized spacial score (nSPS) is 10.4. The van der Waals surface area contributed by atoms with Crippen LogP contribution in [0.5, 0.6) is 11.5 Å². The Morgan fingerprint density at radius 3 is 1.60 bits per heavy atom. The number of carboxylic acids is 2. The van der Waals surface area contributed by atoms with Gasteiger partial charge in [-0.3, -0.25) is 4.79 Å². The van der Waals surface area contributed by atoms with E-state index in [0.29, 0.717) is 19.0 Å². The van der Waals surface area contributed by atoms with Crippen LogP contribution in [-0.4, -0.2) is 40.0 Å². The van der Waals surface area contributed by atoms with Crippen LogP contribution in [0.4, 0.5) is 5.69 Å². The van der Waals surface area contributed by atoms with E-state index < -0.39 is 29.8 Å². The summed E-state index contributed by atoms with van der Waals surface area (Å²) < 4.78 is 12.3. The molecular weight excluding hydrogens is 960 g/mol. The molecule has 48 heavy (non-hydrogen) atoms. The van der Waals surface area contributed by atoms with E-state index in [4.69, 9.17) is 15.0 Å². The van der Waals surface area contributed by atoms with Crippen LogP contribution in [0, 0.1) is 0 Å². The third-order valence-electron chi connectivity index (χ3n) is 6.13. The summed E-state index contributed by atoms with van der Waals surface area (Å²) in [6.45, 7) is 0.0646. The predicted molar refractivity (Wildman–Crippen MR) is 189 cm³/mol. The largest absolute Gasteiger partial charge is 0.478 e. The van der Waals surface area contributed by atoms with Gasteiger partial charge in [-0.05, 0) is 113 Å². The first-order chi connectivity index (χ1) is 22.7. The topological polar surface area (TPSA) is 205 Å². The molecule has 4 aromatic carbocycles. The number of anilines is 1. The summed E-state index contributed by atoms with van der Waals surface area (Å²) in [7, 11) is 0. The lowest BCUT2D eigenvalue weighted by molar-refractivity contribution is 0.0663. The molecule has 1 amide bonds. The number of esters is 2. The Bertz CT molecular complexity index is 1980. The third-order valence-corrected chi connectivity index (χ3v) is 8.88.